The highest BCUT2D eigenvalue weighted by atomic mass is 16.5. The fourth-order valence-corrected chi connectivity index (χ4v) is 3.91. The molecule has 8 nitrogen and oxygen atoms in total. The Bertz CT molecular complexity index is 1010. The zero-order valence-corrected chi connectivity index (χ0v) is 17.3. The fourth-order valence-electron chi connectivity index (χ4n) is 3.91. The predicted molar refractivity (Wildman–Crippen MR) is 113 cm³/mol. The van der Waals surface area contributed by atoms with Gasteiger partial charge in [0, 0.05) is 23.8 Å². The third-order valence-electron chi connectivity index (χ3n) is 5.55. The molecule has 0 bridgehead atoms. The van der Waals surface area contributed by atoms with Gasteiger partial charge in [0.25, 0.3) is 11.9 Å². The van der Waals surface area contributed by atoms with Crippen LogP contribution < -0.4 is 5.32 Å². The van der Waals surface area contributed by atoms with Crippen LogP contribution in [0.1, 0.15) is 48.7 Å². The van der Waals surface area contributed by atoms with Gasteiger partial charge in [-0.15, -0.1) is 0 Å². The summed E-state index contributed by atoms with van der Waals surface area (Å²) in [7, 11) is 0. The Morgan fingerprint density at radius 2 is 1.93 bits per heavy atom. The smallest absolute Gasteiger partial charge is 0.254 e. The molecule has 0 spiro atoms. The summed E-state index contributed by atoms with van der Waals surface area (Å²) in [5.41, 5.74) is 2.27. The number of nitrogens with one attached hydrogen (secondary N) is 1. The molecular formula is C22H27N5O3. The van der Waals surface area contributed by atoms with E-state index in [0.717, 1.165) is 42.3 Å². The number of benzene rings is 1. The van der Waals surface area contributed by atoms with Crippen LogP contribution in [-0.2, 0) is 4.74 Å². The van der Waals surface area contributed by atoms with Crippen LogP contribution in [-0.4, -0.2) is 55.6 Å². The molecule has 0 saturated heterocycles. The topological polar surface area (TPSA) is 102 Å². The van der Waals surface area contributed by atoms with Gasteiger partial charge in [-0.25, -0.2) is 9.97 Å². The number of rotatable bonds is 6. The molecule has 2 N–H and O–H groups in total. The van der Waals surface area contributed by atoms with Crippen LogP contribution in [0.25, 0.3) is 16.9 Å². The maximum Gasteiger partial charge on any atom is 0.254 e. The molecule has 0 radical (unpaired) electrons. The highest BCUT2D eigenvalue weighted by molar-refractivity contribution is 5.93. The molecule has 0 aliphatic heterocycles. The van der Waals surface area contributed by atoms with E-state index in [4.69, 9.17) is 9.84 Å². The molecule has 4 rings (SSSR count). The zero-order chi connectivity index (χ0) is 21.1. The second-order valence-corrected chi connectivity index (χ2v) is 7.86. The van der Waals surface area contributed by atoms with Crippen LogP contribution in [0.5, 0.6) is 0 Å². The third kappa shape index (κ3) is 4.34. The summed E-state index contributed by atoms with van der Waals surface area (Å²) in [6.07, 6.45) is 6.54. The lowest BCUT2D eigenvalue weighted by Crippen LogP contribution is -2.40. The molecule has 8 heteroatoms. The molecule has 1 atom stereocenters. The number of carbonyl (C=O) groups excluding carboxylic acids is 1. The molecule has 2 heterocycles. The van der Waals surface area contributed by atoms with Gasteiger partial charge in [-0.3, -0.25) is 4.79 Å². The number of hydrogen-bond donors (Lipinski definition) is 2. The van der Waals surface area contributed by atoms with E-state index in [1.165, 1.54) is 0 Å². The summed E-state index contributed by atoms with van der Waals surface area (Å²) >= 11 is 0. The molecule has 1 saturated carbocycles. The largest absolute Gasteiger partial charge is 0.394 e. The van der Waals surface area contributed by atoms with E-state index in [1.807, 2.05) is 38.1 Å². The Balaban J connectivity index is 1.38. The Morgan fingerprint density at radius 3 is 2.63 bits per heavy atom. The van der Waals surface area contributed by atoms with Crippen LogP contribution >= 0.6 is 0 Å². The van der Waals surface area contributed by atoms with E-state index in [-0.39, 0.29) is 30.8 Å². The summed E-state index contributed by atoms with van der Waals surface area (Å²) in [6.45, 7) is 3.84. The number of fused-ring (bicyclic) bond motifs is 1. The summed E-state index contributed by atoms with van der Waals surface area (Å²) in [6, 6.07) is 8.02. The van der Waals surface area contributed by atoms with Crippen molar-refractivity contribution < 1.29 is 14.6 Å². The predicted octanol–water partition coefficient (Wildman–Crippen LogP) is 2.56. The van der Waals surface area contributed by atoms with Crippen molar-refractivity contribution in [3.05, 3.63) is 47.9 Å². The van der Waals surface area contributed by atoms with Crippen molar-refractivity contribution in [1.82, 2.24) is 25.1 Å². The Labute approximate surface area is 175 Å². The maximum absolute atomic E-state index is 12.6. The van der Waals surface area contributed by atoms with Crippen molar-refractivity contribution >= 4 is 16.8 Å². The minimum absolute atomic E-state index is 0.0283. The van der Waals surface area contributed by atoms with Gasteiger partial charge in [0.05, 0.1) is 35.6 Å². The monoisotopic (exact) mass is 409 g/mol. The van der Waals surface area contributed by atoms with Gasteiger partial charge < -0.3 is 15.2 Å². The molecule has 30 heavy (non-hydrogen) atoms. The average molecular weight is 409 g/mol. The maximum atomic E-state index is 12.6. The molecule has 3 aromatic rings. The number of hydrogen-bond acceptors (Lipinski definition) is 6. The molecule has 1 aliphatic carbocycles. The number of nitrogens with zero attached hydrogens (tertiary/aromatic N) is 4. The molecule has 1 amide bonds. The first-order valence-electron chi connectivity index (χ1n) is 10.4. The Hall–Kier alpha value is -2.84. The van der Waals surface area contributed by atoms with Gasteiger partial charge >= 0.3 is 0 Å². The lowest BCUT2D eigenvalue weighted by atomic mass is 9.92. The van der Waals surface area contributed by atoms with E-state index in [0.29, 0.717) is 11.5 Å². The van der Waals surface area contributed by atoms with Gasteiger partial charge in [0.2, 0.25) is 0 Å². The van der Waals surface area contributed by atoms with Gasteiger partial charge in [-0.1, -0.05) is 18.2 Å². The number of aryl methyl sites for hydroxylation is 1. The van der Waals surface area contributed by atoms with Crippen LogP contribution in [0.2, 0.25) is 0 Å². The van der Waals surface area contributed by atoms with Gasteiger partial charge in [0.15, 0.2) is 0 Å². The number of para-hydroxylation sites is 1. The highest BCUT2D eigenvalue weighted by Crippen LogP contribution is 2.23. The normalized spacial score (nSPS) is 20.2. The van der Waals surface area contributed by atoms with Crippen molar-refractivity contribution in [3.8, 4) is 5.95 Å². The molecule has 158 valence electrons. The van der Waals surface area contributed by atoms with Crippen molar-refractivity contribution in [2.24, 2.45) is 0 Å². The quantitative estimate of drug-likeness (QED) is 0.649. The van der Waals surface area contributed by atoms with Crippen LogP contribution in [0.4, 0.5) is 0 Å². The molecule has 2 aromatic heterocycles. The molecule has 0 unspecified atom stereocenters. The summed E-state index contributed by atoms with van der Waals surface area (Å²) < 4.78 is 7.47. The first-order valence-corrected chi connectivity index (χ1v) is 10.4. The van der Waals surface area contributed by atoms with Crippen LogP contribution in [0.3, 0.4) is 0 Å². The fraction of sp³-hybridized carbons (Fsp3) is 0.455. The van der Waals surface area contributed by atoms with E-state index in [9.17, 15) is 4.79 Å². The first kappa shape index (κ1) is 20.4. The number of aliphatic hydroxyl groups excluding tert-OH is 1. The van der Waals surface area contributed by atoms with E-state index in [2.05, 4.69) is 20.4 Å². The number of carbonyl (C=O) groups is 1. The highest BCUT2D eigenvalue weighted by Gasteiger charge is 2.24. The first-order chi connectivity index (χ1) is 14.5. The number of aliphatic hydroxyl groups is 1. The zero-order valence-electron chi connectivity index (χ0n) is 17.3. The number of amides is 1. The van der Waals surface area contributed by atoms with Crippen molar-refractivity contribution in [2.75, 3.05) is 6.61 Å². The van der Waals surface area contributed by atoms with Crippen molar-refractivity contribution in [1.29, 1.82) is 0 Å². The van der Waals surface area contributed by atoms with Gasteiger partial charge in [-0.05, 0) is 45.6 Å². The minimum Gasteiger partial charge on any atom is -0.394 e. The lowest BCUT2D eigenvalue weighted by molar-refractivity contribution is -0.0465. The van der Waals surface area contributed by atoms with Gasteiger partial charge in [0.1, 0.15) is 0 Å². The number of ether oxygens (including phenoxy) is 1. The average Bonchev–Trinajstić information content (AvgIpc) is 3.12. The molecule has 1 aliphatic rings. The standard InChI is InChI=1S/C22H27N5O3/c1-14(13-28)30-18-9-7-17(8-10-18)25-21(29)16-11-23-22(24-12-16)27-20-6-4-3-5-19(20)15(2)26-27/h3-6,11-12,14,17-18,28H,7-10,13H2,1-2H3,(H,25,29)/t14-,17?,18?/m0/s1. The van der Waals surface area contributed by atoms with Crippen molar-refractivity contribution in [3.63, 3.8) is 0 Å². The molecule has 1 aromatic carbocycles. The second-order valence-electron chi connectivity index (χ2n) is 7.86. The van der Waals surface area contributed by atoms with Crippen LogP contribution in [0.15, 0.2) is 36.7 Å². The second kappa shape index (κ2) is 8.89. The third-order valence-corrected chi connectivity index (χ3v) is 5.55. The van der Waals surface area contributed by atoms with Crippen LogP contribution in [0, 0.1) is 6.92 Å². The Kier molecular flexibility index (Phi) is 6.06. The molecule has 1 fully saturated rings. The van der Waals surface area contributed by atoms with E-state index < -0.39 is 0 Å². The summed E-state index contributed by atoms with van der Waals surface area (Å²) in [4.78, 5) is 21.3. The minimum atomic E-state index is -0.170. The lowest BCUT2D eigenvalue weighted by Gasteiger charge is -2.30. The molecular weight excluding hydrogens is 382 g/mol. The van der Waals surface area contributed by atoms with Gasteiger partial charge in [-0.2, -0.15) is 9.78 Å². The van der Waals surface area contributed by atoms with E-state index in [1.54, 1.807) is 17.1 Å². The van der Waals surface area contributed by atoms with Crippen molar-refractivity contribution in [2.45, 2.75) is 57.8 Å². The van der Waals surface area contributed by atoms with E-state index >= 15 is 0 Å². The summed E-state index contributed by atoms with van der Waals surface area (Å²) in [5.74, 6) is 0.266. The number of aromatic nitrogens is 4. The Morgan fingerprint density at radius 1 is 1.23 bits per heavy atom. The SMILES string of the molecule is Cc1nn(-c2ncc(C(=O)NC3CCC(O[C@@H](C)CO)CC3)cn2)c2ccccc12. The summed E-state index contributed by atoms with van der Waals surface area (Å²) in [5, 5.41) is 17.8.